The van der Waals surface area contributed by atoms with Crippen LogP contribution < -0.4 is 14.4 Å². The zero-order chi connectivity index (χ0) is 17.5. The van der Waals surface area contributed by atoms with Gasteiger partial charge < -0.3 is 14.4 Å². The quantitative estimate of drug-likeness (QED) is 0.705. The normalized spacial score (nSPS) is 17.2. The van der Waals surface area contributed by atoms with Gasteiger partial charge in [-0.1, -0.05) is 17.4 Å². The van der Waals surface area contributed by atoms with E-state index in [0.717, 1.165) is 59.6 Å². The predicted octanol–water partition coefficient (Wildman–Crippen LogP) is 3.49. The number of ether oxygens (including phenoxy) is 2. The Bertz CT molecular complexity index is 953. The monoisotopic (exact) mass is 371 g/mol. The largest absolute Gasteiger partial charge is 0.454 e. The second kappa shape index (κ2) is 6.41. The molecule has 5 rings (SSSR count). The topological polar surface area (TPSA) is 37.8 Å². The van der Waals surface area contributed by atoms with Crippen molar-refractivity contribution in [2.24, 2.45) is 0 Å². The highest BCUT2D eigenvalue weighted by atomic mass is 32.1. The molecule has 0 unspecified atom stereocenters. The Hall–Kier alpha value is -2.38. The third-order valence-corrected chi connectivity index (χ3v) is 5.90. The van der Waals surface area contributed by atoms with Gasteiger partial charge in [0, 0.05) is 32.7 Å². The number of fused-ring (bicyclic) bond motifs is 2. The van der Waals surface area contributed by atoms with Crippen molar-refractivity contribution in [1.29, 1.82) is 0 Å². The van der Waals surface area contributed by atoms with Gasteiger partial charge in [0.15, 0.2) is 16.6 Å². The van der Waals surface area contributed by atoms with Gasteiger partial charge in [0.1, 0.15) is 5.82 Å². The van der Waals surface area contributed by atoms with Crippen LogP contribution in [0.1, 0.15) is 5.56 Å². The predicted molar refractivity (Wildman–Crippen MR) is 99.6 cm³/mol. The minimum atomic E-state index is -0.207. The van der Waals surface area contributed by atoms with Crippen LogP contribution in [0.25, 0.3) is 10.2 Å². The Morgan fingerprint density at radius 2 is 1.85 bits per heavy atom. The number of benzene rings is 2. The van der Waals surface area contributed by atoms with Crippen molar-refractivity contribution in [1.82, 2.24) is 9.88 Å². The highest BCUT2D eigenvalue weighted by Crippen LogP contribution is 2.33. The molecule has 2 aromatic carbocycles. The number of nitrogens with zero attached hydrogens (tertiary/aromatic N) is 3. The average molecular weight is 371 g/mol. The van der Waals surface area contributed by atoms with E-state index in [-0.39, 0.29) is 5.82 Å². The molecule has 1 fully saturated rings. The molecule has 1 aromatic heterocycles. The molecule has 0 radical (unpaired) electrons. The second-order valence-electron chi connectivity index (χ2n) is 6.56. The molecule has 2 aliphatic rings. The van der Waals surface area contributed by atoms with Gasteiger partial charge in [0.25, 0.3) is 0 Å². The lowest BCUT2D eigenvalue weighted by Gasteiger charge is -2.34. The van der Waals surface area contributed by atoms with Crippen molar-refractivity contribution in [3.63, 3.8) is 0 Å². The average Bonchev–Trinajstić information content (AvgIpc) is 3.28. The molecule has 0 atom stereocenters. The van der Waals surface area contributed by atoms with Crippen molar-refractivity contribution in [2.45, 2.75) is 6.54 Å². The Labute approximate surface area is 154 Å². The minimum absolute atomic E-state index is 0.207. The maximum atomic E-state index is 13.4. The van der Waals surface area contributed by atoms with E-state index in [0.29, 0.717) is 6.79 Å². The lowest BCUT2D eigenvalue weighted by atomic mass is 10.1. The van der Waals surface area contributed by atoms with E-state index in [1.807, 2.05) is 6.07 Å². The van der Waals surface area contributed by atoms with E-state index < -0.39 is 0 Å². The smallest absolute Gasteiger partial charge is 0.231 e. The zero-order valence-electron chi connectivity index (χ0n) is 14.2. The molecule has 0 saturated carbocycles. The van der Waals surface area contributed by atoms with Crippen LogP contribution in [0.2, 0.25) is 0 Å². The van der Waals surface area contributed by atoms with Crippen LogP contribution in [0.5, 0.6) is 11.5 Å². The van der Waals surface area contributed by atoms with Crippen LogP contribution >= 0.6 is 11.3 Å². The number of rotatable bonds is 3. The summed E-state index contributed by atoms with van der Waals surface area (Å²) in [6.45, 7) is 5.00. The summed E-state index contributed by atoms with van der Waals surface area (Å²) >= 11 is 1.56. The fourth-order valence-corrected chi connectivity index (χ4v) is 4.46. The number of thiazole rings is 1. The van der Waals surface area contributed by atoms with Crippen molar-refractivity contribution in [3.05, 3.63) is 47.8 Å². The molecule has 0 spiro atoms. The summed E-state index contributed by atoms with van der Waals surface area (Å²) in [5, 5.41) is 0.980. The van der Waals surface area contributed by atoms with Crippen molar-refractivity contribution in [2.75, 3.05) is 37.9 Å². The molecule has 5 nitrogen and oxygen atoms in total. The first-order chi connectivity index (χ1) is 12.7. The zero-order valence-corrected chi connectivity index (χ0v) is 15.0. The standard InChI is InChI=1S/C19H18FN3O2S/c20-14-2-3-15-18(10-14)26-19(21-15)23-7-5-22(6-8-23)11-13-1-4-16-17(9-13)25-12-24-16/h1-4,9-10H,5-8,11-12H2. The SMILES string of the molecule is Fc1ccc2nc(N3CCN(Cc4ccc5c(c4)OCO5)CC3)sc2c1. The summed E-state index contributed by atoms with van der Waals surface area (Å²) < 4.78 is 25.1. The van der Waals surface area contributed by atoms with E-state index in [9.17, 15) is 4.39 Å². The fraction of sp³-hybridized carbons (Fsp3) is 0.316. The third kappa shape index (κ3) is 2.97. The lowest BCUT2D eigenvalue weighted by Crippen LogP contribution is -2.45. The number of aromatic nitrogens is 1. The van der Waals surface area contributed by atoms with Gasteiger partial charge in [-0.3, -0.25) is 4.90 Å². The van der Waals surface area contributed by atoms with E-state index in [1.54, 1.807) is 23.5 Å². The summed E-state index contributed by atoms with van der Waals surface area (Å²) in [6.07, 6.45) is 0. The van der Waals surface area contributed by atoms with E-state index in [2.05, 4.69) is 26.9 Å². The second-order valence-corrected chi connectivity index (χ2v) is 7.57. The minimum Gasteiger partial charge on any atom is -0.454 e. The van der Waals surface area contributed by atoms with Crippen molar-refractivity contribution < 1.29 is 13.9 Å². The van der Waals surface area contributed by atoms with Crippen LogP contribution in [0.15, 0.2) is 36.4 Å². The molecule has 134 valence electrons. The Morgan fingerprint density at radius 3 is 2.73 bits per heavy atom. The first-order valence-corrected chi connectivity index (χ1v) is 9.48. The molecular weight excluding hydrogens is 353 g/mol. The van der Waals surface area contributed by atoms with E-state index in [4.69, 9.17) is 9.47 Å². The Balaban J connectivity index is 1.24. The summed E-state index contributed by atoms with van der Waals surface area (Å²) in [5.41, 5.74) is 2.10. The van der Waals surface area contributed by atoms with Crippen LogP contribution in [-0.2, 0) is 6.54 Å². The molecule has 0 aliphatic carbocycles. The molecule has 0 bridgehead atoms. The summed E-state index contributed by atoms with van der Waals surface area (Å²) in [6, 6.07) is 10.9. The van der Waals surface area contributed by atoms with Gasteiger partial charge in [0.2, 0.25) is 6.79 Å². The molecular formula is C19H18FN3O2S. The molecule has 26 heavy (non-hydrogen) atoms. The van der Waals surface area contributed by atoms with Crippen LogP contribution in [0, 0.1) is 5.82 Å². The van der Waals surface area contributed by atoms with Crippen molar-refractivity contribution in [3.8, 4) is 11.5 Å². The van der Waals surface area contributed by atoms with E-state index in [1.165, 1.54) is 11.6 Å². The number of hydrogen-bond acceptors (Lipinski definition) is 6. The van der Waals surface area contributed by atoms with Gasteiger partial charge >= 0.3 is 0 Å². The molecule has 2 aliphatic heterocycles. The van der Waals surface area contributed by atoms with Gasteiger partial charge in [0.05, 0.1) is 10.2 Å². The summed E-state index contributed by atoms with van der Waals surface area (Å²) in [4.78, 5) is 9.38. The van der Waals surface area contributed by atoms with Gasteiger partial charge in [-0.25, -0.2) is 9.37 Å². The van der Waals surface area contributed by atoms with Crippen LogP contribution in [0.3, 0.4) is 0 Å². The van der Waals surface area contributed by atoms with E-state index >= 15 is 0 Å². The molecule has 0 amide bonds. The van der Waals surface area contributed by atoms with Gasteiger partial charge in [-0.05, 0) is 35.9 Å². The van der Waals surface area contributed by atoms with Gasteiger partial charge in [-0.2, -0.15) is 0 Å². The Morgan fingerprint density at radius 1 is 1.00 bits per heavy atom. The number of anilines is 1. The first kappa shape index (κ1) is 15.8. The first-order valence-electron chi connectivity index (χ1n) is 8.66. The maximum absolute atomic E-state index is 13.4. The molecule has 3 aromatic rings. The Kier molecular flexibility index (Phi) is 3.90. The third-order valence-electron chi connectivity index (χ3n) is 4.83. The molecule has 1 saturated heterocycles. The maximum Gasteiger partial charge on any atom is 0.231 e. The summed E-state index contributed by atoms with van der Waals surface area (Å²) in [5.74, 6) is 1.45. The number of hydrogen-bond donors (Lipinski definition) is 0. The molecule has 3 heterocycles. The number of piperazine rings is 1. The van der Waals surface area contributed by atoms with Crippen molar-refractivity contribution >= 4 is 26.7 Å². The van der Waals surface area contributed by atoms with Gasteiger partial charge in [-0.15, -0.1) is 0 Å². The number of halogens is 1. The lowest BCUT2D eigenvalue weighted by molar-refractivity contribution is 0.174. The van der Waals surface area contributed by atoms with Crippen LogP contribution in [0.4, 0.5) is 9.52 Å². The fourth-order valence-electron chi connectivity index (χ4n) is 3.42. The van der Waals surface area contributed by atoms with Crippen LogP contribution in [-0.4, -0.2) is 42.9 Å². The summed E-state index contributed by atoms with van der Waals surface area (Å²) in [7, 11) is 0. The highest BCUT2D eigenvalue weighted by molar-refractivity contribution is 7.22. The molecule has 0 N–H and O–H groups in total. The molecule has 7 heteroatoms. The highest BCUT2D eigenvalue weighted by Gasteiger charge is 2.21.